The van der Waals surface area contributed by atoms with E-state index in [1.807, 2.05) is 24.2 Å². The molecule has 4 aromatic heterocycles. The van der Waals surface area contributed by atoms with Gasteiger partial charge in [0.25, 0.3) is 0 Å². The molecule has 1 aliphatic heterocycles. The van der Waals surface area contributed by atoms with Crippen LogP contribution in [0.2, 0.25) is 0 Å². The van der Waals surface area contributed by atoms with Crippen LogP contribution in [-0.4, -0.2) is 35.1 Å². The number of para-hydroxylation sites is 1. The summed E-state index contributed by atoms with van der Waals surface area (Å²) in [6.45, 7) is 0. The maximum Gasteiger partial charge on any atom is 2.00 e. The molecule has 0 radical (unpaired) electrons. The second kappa shape index (κ2) is 16.9. The first-order valence-electron chi connectivity index (χ1n) is 23.4. The van der Waals surface area contributed by atoms with E-state index in [1.54, 1.807) is 0 Å². The molecule has 0 bridgehead atoms. The third-order valence-corrected chi connectivity index (χ3v) is 25.4. The van der Waals surface area contributed by atoms with Gasteiger partial charge in [0.05, 0.1) is 11.2 Å². The predicted octanol–water partition coefficient (Wildman–Crippen LogP) is 8.95. The Labute approximate surface area is 425 Å². The summed E-state index contributed by atoms with van der Waals surface area (Å²) in [6, 6.07) is 91.4. The molecule has 13 aromatic rings. The molecule has 332 valence electrons. The molecule has 5 heterocycles. The third kappa shape index (κ3) is 6.18. The molecule has 70 heavy (non-hydrogen) atoms. The Balaban J connectivity index is 0.00000480. The van der Waals surface area contributed by atoms with Crippen LogP contribution in [0.3, 0.4) is 0 Å². The topological polar surface area (TPSA) is 35.1 Å². The number of hydrogen-bond donors (Lipinski definition) is 0. The van der Waals surface area contributed by atoms with Gasteiger partial charge in [0.1, 0.15) is 13.7 Å². The van der Waals surface area contributed by atoms with E-state index in [0.29, 0.717) is 0 Å². The monoisotopic (exact) mass is 1030 g/mol. The van der Waals surface area contributed by atoms with Crippen molar-refractivity contribution in [2.45, 2.75) is 9.79 Å². The van der Waals surface area contributed by atoms with E-state index in [9.17, 15) is 0 Å². The van der Waals surface area contributed by atoms with E-state index in [1.165, 1.54) is 51.7 Å². The molecule has 0 N–H and O–H groups in total. The van der Waals surface area contributed by atoms with Crippen molar-refractivity contribution >= 4 is 119 Å². The van der Waals surface area contributed by atoms with Crippen LogP contribution in [0.4, 0.5) is 0 Å². The van der Waals surface area contributed by atoms with Gasteiger partial charge in [-0.05, 0) is 72.9 Å². The summed E-state index contributed by atoms with van der Waals surface area (Å²) in [4.78, 5) is 12.8. The van der Waals surface area contributed by atoms with Crippen LogP contribution >= 0.6 is 11.8 Å². The average molecular weight is 1040 g/mol. The number of imidazole rings is 1. The van der Waals surface area contributed by atoms with Crippen LogP contribution in [0.5, 0.6) is 0 Å². The summed E-state index contributed by atoms with van der Waals surface area (Å²) >= 11 is 1.90. The molecule has 4 nitrogen and oxygen atoms in total. The van der Waals surface area contributed by atoms with Crippen molar-refractivity contribution < 1.29 is 20.4 Å². The van der Waals surface area contributed by atoms with Gasteiger partial charge in [0.15, 0.2) is 8.07 Å². The second-order valence-corrected chi connectivity index (χ2v) is 26.4. The number of benzene rings is 9. The Morgan fingerprint density at radius 2 is 1.07 bits per heavy atom. The molecule has 0 spiro atoms. The number of rotatable bonds is 7. The number of hydrogen-bond acceptors (Lipinski definition) is 3. The smallest absolute Gasteiger partial charge is 0.340 e. The molecule has 1 aliphatic rings. The summed E-state index contributed by atoms with van der Waals surface area (Å²) in [5.41, 5.74) is 5.02. The molecule has 9 aromatic carbocycles. The number of fused-ring (bicyclic) bond motifs is 11. The van der Waals surface area contributed by atoms with Crippen LogP contribution in [-0.2, 0) is 20.4 Å². The molecule has 0 unspecified atom stereocenters. The zero-order chi connectivity index (χ0) is 45.5. The first-order valence-corrected chi connectivity index (χ1v) is 28.2. The fourth-order valence-electron chi connectivity index (χ4n) is 11.6. The summed E-state index contributed by atoms with van der Waals surface area (Å²) in [5.74, 6) is 0. The van der Waals surface area contributed by atoms with Gasteiger partial charge in [-0.15, -0.1) is 34.8 Å². The Morgan fingerprint density at radius 3 is 1.81 bits per heavy atom. The predicted molar refractivity (Wildman–Crippen MR) is 291 cm³/mol. The van der Waals surface area contributed by atoms with Crippen molar-refractivity contribution in [1.29, 1.82) is 0 Å². The van der Waals surface area contributed by atoms with Gasteiger partial charge in [-0.25, -0.2) is 4.98 Å². The largest absolute Gasteiger partial charge is 2.00 e. The summed E-state index contributed by atoms with van der Waals surface area (Å²) in [7, 11) is -6.05. The van der Waals surface area contributed by atoms with E-state index in [0.717, 1.165) is 54.5 Å². The van der Waals surface area contributed by atoms with Crippen LogP contribution < -0.4 is 41.5 Å². The minimum absolute atomic E-state index is 0. The first kappa shape index (κ1) is 42.7. The van der Waals surface area contributed by atoms with Crippen molar-refractivity contribution in [3.8, 4) is 5.69 Å². The molecule has 14 rings (SSSR count). The summed E-state index contributed by atoms with van der Waals surface area (Å²) < 4.78 is 4.59. The van der Waals surface area contributed by atoms with Crippen LogP contribution in [0, 0.1) is 12.1 Å². The minimum atomic E-state index is -3.18. The zero-order valence-electron chi connectivity index (χ0n) is 37.6. The Hall–Kier alpha value is -7.41. The average Bonchev–Trinajstić information content (AvgIpc) is 4.05. The van der Waals surface area contributed by atoms with Gasteiger partial charge >= 0.3 is 20.4 Å². The van der Waals surface area contributed by atoms with E-state index >= 15 is 0 Å². The van der Waals surface area contributed by atoms with Crippen molar-refractivity contribution in [3.63, 3.8) is 0 Å². The molecule has 0 atom stereocenters. The maximum absolute atomic E-state index is 5.21. The summed E-state index contributed by atoms with van der Waals surface area (Å²) in [5, 5.41) is 16.0. The van der Waals surface area contributed by atoms with Crippen molar-refractivity contribution in [2.75, 3.05) is 0 Å². The maximum atomic E-state index is 5.21. The Bertz CT molecular complexity index is 4040. The van der Waals surface area contributed by atoms with Crippen LogP contribution in [0.1, 0.15) is 0 Å². The quantitative estimate of drug-likeness (QED) is 0.0693. The number of pyridine rings is 2. The number of aromatic nitrogens is 4. The number of nitrogens with zero attached hydrogens (tertiary/aromatic N) is 4. The normalized spacial score (nSPS) is 13.1. The molecule has 0 amide bonds. The van der Waals surface area contributed by atoms with Gasteiger partial charge in [-0.1, -0.05) is 181 Å². The molecule has 0 fully saturated rings. The molecular weight excluding hydrogens is 995 g/mol. The molecular formula is C62H40N4PdSSi2. The molecule has 0 aliphatic carbocycles. The van der Waals surface area contributed by atoms with Crippen molar-refractivity contribution in [3.05, 3.63) is 255 Å². The van der Waals surface area contributed by atoms with Crippen LogP contribution in [0.15, 0.2) is 253 Å². The van der Waals surface area contributed by atoms with Gasteiger partial charge in [0.2, 0.25) is 0 Å². The van der Waals surface area contributed by atoms with Gasteiger partial charge in [-0.2, -0.15) is 23.4 Å². The van der Waals surface area contributed by atoms with Gasteiger partial charge in [0, 0.05) is 44.7 Å². The first-order chi connectivity index (χ1) is 34.2. The fraction of sp³-hybridized carbons (Fsp3) is 0. The Kier molecular flexibility index (Phi) is 10.3. The SMILES string of the molecule is [Pd+2].[c-]1c(-n2c3cc4c(cc3c3cccnc32)Sc2ccccc2[Si]4(c2ccccc2)c2ccccc2)cccc1[Si](c1[c-]c2c(cc1)c1ccccc1n1ccnc21)(c1ccccc1)c1ccccc1. The third-order valence-electron chi connectivity index (χ3n) is 14.5. The van der Waals surface area contributed by atoms with Gasteiger partial charge < -0.3 is 8.97 Å². The molecule has 8 heteroatoms. The Morgan fingerprint density at radius 1 is 0.443 bits per heavy atom. The second-order valence-electron chi connectivity index (χ2n) is 17.9. The van der Waals surface area contributed by atoms with Crippen molar-refractivity contribution in [1.82, 2.24) is 18.9 Å². The standard InChI is InChI=1S/C62H40N4SSi2.Pd/c1-5-20-44(21-6-1)68(45-22-7-2-8-23-45,49-34-35-50-51-29-13-14-31-55(51)65-38-37-64-61(65)54(50)40-49)48-28-17-19-43(39-48)66-56-42-60-58(41-53(56)52-30-18-36-63-62(52)66)67-57-32-15-16-33-59(57)69(60,46-24-9-3-10-25-46)47-26-11-4-12-27-47;/h1-38,41-42H;/q-2;+2. The fourth-order valence-corrected chi connectivity index (χ4v) is 23.1. The van der Waals surface area contributed by atoms with E-state index in [-0.39, 0.29) is 20.4 Å². The minimum Gasteiger partial charge on any atom is -0.340 e. The van der Waals surface area contributed by atoms with E-state index in [4.69, 9.17) is 9.97 Å². The van der Waals surface area contributed by atoms with E-state index < -0.39 is 16.1 Å². The van der Waals surface area contributed by atoms with Crippen molar-refractivity contribution in [2.24, 2.45) is 0 Å². The van der Waals surface area contributed by atoms with Gasteiger partial charge in [-0.3, -0.25) is 4.98 Å². The molecule has 0 saturated carbocycles. The summed E-state index contributed by atoms with van der Waals surface area (Å²) in [6.07, 6.45) is 5.89. The van der Waals surface area contributed by atoms with E-state index in [2.05, 4.69) is 252 Å². The zero-order valence-corrected chi connectivity index (χ0v) is 42.0. The molecule has 0 saturated heterocycles. The van der Waals surface area contributed by atoms with Crippen LogP contribution in [0.25, 0.3) is 54.9 Å².